The molecule has 1 fully saturated rings. The number of nitrogens with zero attached hydrogens (tertiary/aromatic N) is 1. The Morgan fingerprint density at radius 1 is 0.867 bits per heavy atom. The van der Waals surface area contributed by atoms with Crippen LogP contribution in [0.1, 0.15) is 21.5 Å². The predicted octanol–water partition coefficient (Wildman–Crippen LogP) is 4.89. The van der Waals surface area contributed by atoms with Gasteiger partial charge in [0.1, 0.15) is 6.04 Å². The lowest BCUT2D eigenvalue weighted by atomic mass is 9.99. The molecule has 0 aromatic heterocycles. The summed E-state index contributed by atoms with van der Waals surface area (Å²) in [6.45, 7) is 0. The molecule has 3 amide bonds. The Morgan fingerprint density at radius 2 is 1.47 bits per heavy atom. The summed E-state index contributed by atoms with van der Waals surface area (Å²) in [5, 5.41) is 3.35. The van der Waals surface area contributed by atoms with Gasteiger partial charge in [0, 0.05) is 27.6 Å². The van der Waals surface area contributed by atoms with Gasteiger partial charge in [-0.15, -0.1) is 0 Å². The van der Waals surface area contributed by atoms with Crippen molar-refractivity contribution in [1.29, 1.82) is 0 Å². The van der Waals surface area contributed by atoms with E-state index in [1.54, 1.807) is 36.4 Å². The Kier molecular flexibility index (Phi) is 5.57. The van der Waals surface area contributed by atoms with Gasteiger partial charge in [-0.1, -0.05) is 77.8 Å². The third-order valence-corrected chi connectivity index (χ3v) is 5.25. The third kappa shape index (κ3) is 4.08. The van der Waals surface area contributed by atoms with Crippen molar-refractivity contribution in [1.82, 2.24) is 5.32 Å². The molecule has 1 saturated heterocycles. The van der Waals surface area contributed by atoms with Crippen LogP contribution in [0.4, 0.5) is 10.5 Å². The van der Waals surface area contributed by atoms with Crippen molar-refractivity contribution in [2.75, 3.05) is 4.90 Å². The molecule has 1 aliphatic heterocycles. The van der Waals surface area contributed by atoms with Gasteiger partial charge < -0.3 is 5.32 Å². The lowest BCUT2D eigenvalue weighted by Crippen LogP contribution is -2.32. The summed E-state index contributed by atoms with van der Waals surface area (Å²) in [6, 6.07) is 19.3. The first-order valence-electron chi connectivity index (χ1n) is 9.21. The molecule has 0 bridgehead atoms. The first-order chi connectivity index (χ1) is 14.4. The Balaban J connectivity index is 1.49. The number of ketones is 1. The maximum atomic E-state index is 12.8. The fourth-order valence-corrected chi connectivity index (χ4v) is 3.88. The predicted molar refractivity (Wildman–Crippen MR) is 116 cm³/mol. The maximum absolute atomic E-state index is 12.8. The molecule has 1 heterocycles. The number of benzene rings is 3. The van der Waals surface area contributed by atoms with Crippen molar-refractivity contribution in [3.8, 4) is 0 Å². The summed E-state index contributed by atoms with van der Waals surface area (Å²) < 4.78 is 0. The topological polar surface area (TPSA) is 66.5 Å². The van der Waals surface area contributed by atoms with Crippen LogP contribution in [0.2, 0.25) is 10.0 Å². The maximum Gasteiger partial charge on any atom is 0.329 e. The number of anilines is 1. The summed E-state index contributed by atoms with van der Waals surface area (Å²) in [4.78, 5) is 38.7. The Hall–Kier alpha value is -3.15. The molecule has 30 heavy (non-hydrogen) atoms. The molecule has 1 atom stereocenters. The monoisotopic (exact) mass is 438 g/mol. The van der Waals surface area contributed by atoms with Gasteiger partial charge in [0.15, 0.2) is 5.78 Å². The number of carbonyl (C=O) groups excluding carboxylic acids is 3. The van der Waals surface area contributed by atoms with Gasteiger partial charge in [-0.3, -0.25) is 9.59 Å². The highest BCUT2D eigenvalue weighted by molar-refractivity contribution is 6.35. The lowest BCUT2D eigenvalue weighted by molar-refractivity contribution is -0.118. The van der Waals surface area contributed by atoms with Gasteiger partial charge in [0.25, 0.3) is 5.91 Å². The van der Waals surface area contributed by atoms with Crippen LogP contribution in [0.3, 0.4) is 0 Å². The Bertz CT molecular complexity index is 1110. The minimum atomic E-state index is -0.717. The number of nitrogens with one attached hydrogen (secondary N) is 1. The van der Waals surface area contributed by atoms with Crippen LogP contribution >= 0.6 is 23.2 Å². The number of halogens is 2. The number of rotatable bonds is 5. The number of urea groups is 1. The van der Waals surface area contributed by atoms with E-state index >= 15 is 0 Å². The van der Waals surface area contributed by atoms with Gasteiger partial charge >= 0.3 is 6.03 Å². The highest BCUT2D eigenvalue weighted by Crippen LogP contribution is 2.28. The molecule has 1 aliphatic rings. The van der Waals surface area contributed by atoms with E-state index in [4.69, 9.17) is 23.2 Å². The van der Waals surface area contributed by atoms with Crippen molar-refractivity contribution < 1.29 is 14.4 Å². The average Bonchev–Trinajstić information content (AvgIpc) is 3.01. The molecule has 7 heteroatoms. The Labute approximate surface area is 183 Å². The zero-order valence-electron chi connectivity index (χ0n) is 15.6. The van der Waals surface area contributed by atoms with Gasteiger partial charge in [-0.25, -0.2) is 9.69 Å². The number of hydrogen-bond acceptors (Lipinski definition) is 3. The average molecular weight is 439 g/mol. The minimum Gasteiger partial charge on any atom is -0.325 e. The molecule has 1 N–H and O–H groups in total. The second kappa shape index (κ2) is 8.30. The molecular formula is C23H16Cl2N2O3. The van der Waals surface area contributed by atoms with Gasteiger partial charge in [-0.2, -0.15) is 0 Å². The first-order valence-corrected chi connectivity index (χ1v) is 9.97. The van der Waals surface area contributed by atoms with Crippen LogP contribution < -0.4 is 10.2 Å². The number of carbonyl (C=O) groups is 3. The van der Waals surface area contributed by atoms with Gasteiger partial charge in [0.05, 0.1) is 5.69 Å². The number of imide groups is 1. The number of hydrogen-bond donors (Lipinski definition) is 1. The van der Waals surface area contributed by atoms with Crippen LogP contribution in [0, 0.1) is 0 Å². The molecular weight excluding hydrogens is 423 g/mol. The second-order valence-corrected chi connectivity index (χ2v) is 7.77. The minimum absolute atomic E-state index is 0.0728. The normalized spacial score (nSPS) is 15.9. The molecule has 4 rings (SSSR count). The van der Waals surface area contributed by atoms with E-state index in [0.717, 1.165) is 10.5 Å². The van der Waals surface area contributed by atoms with Crippen LogP contribution in [0.15, 0.2) is 72.8 Å². The van der Waals surface area contributed by atoms with E-state index in [9.17, 15) is 14.4 Å². The van der Waals surface area contributed by atoms with E-state index in [0.29, 0.717) is 33.3 Å². The zero-order chi connectivity index (χ0) is 21.3. The summed E-state index contributed by atoms with van der Waals surface area (Å²) in [5.41, 5.74) is 2.31. The van der Waals surface area contributed by atoms with Crippen LogP contribution in [-0.2, 0) is 11.2 Å². The highest BCUT2D eigenvalue weighted by atomic mass is 35.5. The molecule has 0 radical (unpaired) electrons. The summed E-state index contributed by atoms with van der Waals surface area (Å²) in [5.74, 6) is -0.459. The fourth-order valence-electron chi connectivity index (χ4n) is 3.37. The smallest absolute Gasteiger partial charge is 0.325 e. The molecule has 0 saturated carbocycles. The van der Waals surface area contributed by atoms with Crippen molar-refractivity contribution in [3.05, 3.63) is 99.5 Å². The zero-order valence-corrected chi connectivity index (χ0v) is 17.2. The molecule has 0 aliphatic carbocycles. The molecule has 3 aromatic carbocycles. The second-order valence-electron chi connectivity index (χ2n) is 6.90. The molecule has 3 aromatic rings. The van der Waals surface area contributed by atoms with E-state index < -0.39 is 12.1 Å². The van der Waals surface area contributed by atoms with E-state index in [-0.39, 0.29) is 11.7 Å². The molecule has 0 spiro atoms. The fraction of sp³-hybridized carbons (Fsp3) is 0.0870. The van der Waals surface area contributed by atoms with Crippen LogP contribution in [0.5, 0.6) is 0 Å². The van der Waals surface area contributed by atoms with Crippen molar-refractivity contribution in [3.63, 3.8) is 0 Å². The molecule has 150 valence electrons. The largest absolute Gasteiger partial charge is 0.329 e. The summed E-state index contributed by atoms with van der Waals surface area (Å²) in [7, 11) is 0. The van der Waals surface area contributed by atoms with Gasteiger partial charge in [-0.05, 0) is 23.8 Å². The van der Waals surface area contributed by atoms with Crippen molar-refractivity contribution in [2.45, 2.75) is 12.5 Å². The first kappa shape index (κ1) is 20.1. The van der Waals surface area contributed by atoms with E-state index in [2.05, 4.69) is 5.32 Å². The molecule has 1 unspecified atom stereocenters. The third-order valence-electron chi connectivity index (χ3n) is 4.82. The van der Waals surface area contributed by atoms with Crippen LogP contribution in [-0.4, -0.2) is 23.8 Å². The standard InChI is InChI=1S/C23H16Cl2N2O3/c24-17-11-18(25)13-19(12-17)27-22(29)20(26-23(27)30)10-14-6-8-16(9-7-14)21(28)15-4-2-1-3-5-15/h1-9,11-13,20H,10H2,(H,26,30). The molecule has 5 nitrogen and oxygen atoms in total. The SMILES string of the molecule is O=C(c1ccccc1)c1ccc(CC2NC(=O)N(c3cc(Cl)cc(Cl)c3)C2=O)cc1. The summed E-state index contributed by atoms with van der Waals surface area (Å²) in [6.07, 6.45) is 0.301. The van der Waals surface area contributed by atoms with Crippen LogP contribution in [0.25, 0.3) is 0 Å². The summed E-state index contributed by atoms with van der Waals surface area (Å²) >= 11 is 12.0. The lowest BCUT2D eigenvalue weighted by Gasteiger charge is -2.14. The Morgan fingerprint density at radius 3 is 2.10 bits per heavy atom. The van der Waals surface area contributed by atoms with Crippen molar-refractivity contribution >= 4 is 46.6 Å². The number of amides is 3. The van der Waals surface area contributed by atoms with Gasteiger partial charge in [0.2, 0.25) is 0 Å². The highest BCUT2D eigenvalue weighted by Gasteiger charge is 2.39. The van der Waals surface area contributed by atoms with Crippen molar-refractivity contribution in [2.24, 2.45) is 0 Å². The van der Waals surface area contributed by atoms with E-state index in [1.165, 1.54) is 18.2 Å². The quantitative estimate of drug-likeness (QED) is 0.455. The van der Waals surface area contributed by atoms with E-state index in [1.807, 2.05) is 18.2 Å².